The standard InChI is InChI=1S/C20H33N3O2S.HI/c1-4-21-20(23-14-17(2)13-18(3)15-23)22-11-8-12-26(24,25)16-19-9-6-5-7-10-19;/h5-7,9-10,17-18H,4,8,11-16H2,1-3H3,(H,21,22);1H. The number of benzene rings is 1. The lowest BCUT2D eigenvalue weighted by Crippen LogP contribution is -2.48. The van der Waals surface area contributed by atoms with Gasteiger partial charge < -0.3 is 10.2 Å². The second-order valence-corrected chi connectivity index (χ2v) is 9.70. The summed E-state index contributed by atoms with van der Waals surface area (Å²) in [4.78, 5) is 7.00. The van der Waals surface area contributed by atoms with Gasteiger partial charge in [0, 0.05) is 26.2 Å². The van der Waals surface area contributed by atoms with Gasteiger partial charge in [0.1, 0.15) is 0 Å². The summed E-state index contributed by atoms with van der Waals surface area (Å²) in [6.45, 7) is 10.0. The fourth-order valence-corrected chi connectivity index (χ4v) is 5.05. The predicted molar refractivity (Wildman–Crippen MR) is 124 cm³/mol. The maximum atomic E-state index is 12.3. The molecule has 1 fully saturated rings. The number of likely N-dealkylation sites (tertiary alicyclic amines) is 1. The van der Waals surface area contributed by atoms with E-state index in [0.717, 1.165) is 31.2 Å². The molecule has 2 unspecified atom stereocenters. The third-order valence-corrected chi connectivity index (χ3v) is 6.29. The maximum Gasteiger partial charge on any atom is 0.193 e. The Morgan fingerprint density at radius 3 is 2.41 bits per heavy atom. The molecule has 1 aliphatic rings. The summed E-state index contributed by atoms with van der Waals surface area (Å²) in [7, 11) is -3.09. The van der Waals surface area contributed by atoms with Gasteiger partial charge in [-0.25, -0.2) is 8.42 Å². The van der Waals surface area contributed by atoms with Crippen LogP contribution in [0, 0.1) is 11.8 Å². The second-order valence-electron chi connectivity index (χ2n) is 7.52. The minimum atomic E-state index is -3.09. The minimum absolute atomic E-state index is 0. The van der Waals surface area contributed by atoms with Crippen LogP contribution in [0.3, 0.4) is 0 Å². The lowest BCUT2D eigenvalue weighted by Gasteiger charge is -2.37. The molecular weight excluding hydrogens is 473 g/mol. The minimum Gasteiger partial charge on any atom is -0.357 e. The van der Waals surface area contributed by atoms with E-state index >= 15 is 0 Å². The van der Waals surface area contributed by atoms with Crippen molar-refractivity contribution < 1.29 is 8.42 Å². The maximum absolute atomic E-state index is 12.3. The van der Waals surface area contributed by atoms with Crippen LogP contribution in [0.5, 0.6) is 0 Å². The summed E-state index contributed by atoms with van der Waals surface area (Å²) in [5.41, 5.74) is 0.848. The van der Waals surface area contributed by atoms with Crippen molar-refractivity contribution in [3.05, 3.63) is 35.9 Å². The zero-order valence-corrected chi connectivity index (χ0v) is 19.9. The van der Waals surface area contributed by atoms with Crippen LogP contribution < -0.4 is 5.32 Å². The molecule has 2 rings (SSSR count). The average molecular weight is 507 g/mol. The van der Waals surface area contributed by atoms with Gasteiger partial charge in [-0.3, -0.25) is 4.99 Å². The molecule has 0 radical (unpaired) electrons. The molecule has 0 bridgehead atoms. The predicted octanol–water partition coefficient (Wildman–Crippen LogP) is 3.55. The van der Waals surface area contributed by atoms with E-state index in [1.165, 1.54) is 6.42 Å². The molecule has 0 spiro atoms. The third kappa shape index (κ3) is 8.81. The van der Waals surface area contributed by atoms with Crippen molar-refractivity contribution >= 4 is 39.8 Å². The van der Waals surface area contributed by atoms with Crippen LogP contribution in [0.25, 0.3) is 0 Å². The number of hydrogen-bond acceptors (Lipinski definition) is 3. The summed E-state index contributed by atoms with van der Waals surface area (Å²) in [6, 6.07) is 9.36. The fourth-order valence-electron chi connectivity index (χ4n) is 3.63. The number of nitrogens with one attached hydrogen (secondary N) is 1. The molecule has 0 aromatic heterocycles. The topological polar surface area (TPSA) is 61.8 Å². The van der Waals surface area contributed by atoms with Crippen LogP contribution in [0.1, 0.15) is 39.2 Å². The van der Waals surface area contributed by atoms with Gasteiger partial charge in [-0.05, 0) is 37.2 Å². The summed E-state index contributed by atoms with van der Waals surface area (Å²) in [5, 5.41) is 3.36. The van der Waals surface area contributed by atoms with Crippen molar-refractivity contribution in [3.8, 4) is 0 Å². The van der Waals surface area contributed by atoms with Gasteiger partial charge in [-0.2, -0.15) is 0 Å². The first-order chi connectivity index (χ1) is 12.4. The molecule has 2 atom stereocenters. The molecule has 27 heavy (non-hydrogen) atoms. The van der Waals surface area contributed by atoms with Crippen LogP contribution in [0.2, 0.25) is 0 Å². The molecule has 0 amide bonds. The van der Waals surface area contributed by atoms with E-state index in [-0.39, 0.29) is 35.5 Å². The largest absolute Gasteiger partial charge is 0.357 e. The van der Waals surface area contributed by atoms with E-state index in [4.69, 9.17) is 0 Å². The molecule has 1 aliphatic heterocycles. The SMILES string of the molecule is CCNC(=NCCCS(=O)(=O)Cc1ccccc1)N1CC(C)CC(C)C1.I. The summed E-state index contributed by atoms with van der Waals surface area (Å²) in [6.07, 6.45) is 1.82. The van der Waals surface area contributed by atoms with Crippen LogP contribution in [-0.2, 0) is 15.6 Å². The Labute approximate surface area is 182 Å². The molecule has 0 saturated carbocycles. The third-order valence-electron chi connectivity index (χ3n) is 4.61. The Bertz CT molecular complexity index is 670. The van der Waals surface area contributed by atoms with Crippen LogP contribution in [-0.4, -0.2) is 51.2 Å². The van der Waals surface area contributed by atoms with Crippen molar-refractivity contribution in [1.29, 1.82) is 0 Å². The smallest absolute Gasteiger partial charge is 0.193 e. The average Bonchev–Trinajstić information content (AvgIpc) is 2.57. The van der Waals surface area contributed by atoms with Gasteiger partial charge in [0.25, 0.3) is 0 Å². The highest BCUT2D eigenvalue weighted by atomic mass is 127. The molecule has 5 nitrogen and oxygen atoms in total. The van der Waals surface area contributed by atoms with Crippen molar-refractivity contribution in [2.45, 2.75) is 39.4 Å². The van der Waals surface area contributed by atoms with Gasteiger partial charge in [0.05, 0.1) is 11.5 Å². The highest BCUT2D eigenvalue weighted by Gasteiger charge is 2.24. The quantitative estimate of drug-likeness (QED) is 0.266. The first-order valence-electron chi connectivity index (χ1n) is 9.67. The van der Waals surface area contributed by atoms with Gasteiger partial charge >= 0.3 is 0 Å². The monoisotopic (exact) mass is 507 g/mol. The molecule has 1 aromatic carbocycles. The summed E-state index contributed by atoms with van der Waals surface area (Å²) >= 11 is 0. The van der Waals surface area contributed by atoms with Gasteiger partial charge in [0.2, 0.25) is 0 Å². The van der Waals surface area contributed by atoms with Gasteiger partial charge in [-0.1, -0.05) is 44.2 Å². The number of rotatable bonds is 7. The Balaban J connectivity index is 0.00000364. The lowest BCUT2D eigenvalue weighted by atomic mass is 9.92. The zero-order chi connectivity index (χ0) is 19.0. The Hall–Kier alpha value is -0.830. The highest BCUT2D eigenvalue weighted by molar-refractivity contribution is 14.0. The van der Waals surface area contributed by atoms with Crippen molar-refractivity contribution in [2.75, 3.05) is 31.9 Å². The number of hydrogen-bond donors (Lipinski definition) is 1. The number of aliphatic imine (C=N–C) groups is 1. The lowest BCUT2D eigenvalue weighted by molar-refractivity contribution is 0.208. The van der Waals surface area contributed by atoms with Gasteiger partial charge in [-0.15, -0.1) is 24.0 Å². The molecule has 7 heteroatoms. The van der Waals surface area contributed by atoms with Gasteiger partial charge in [0.15, 0.2) is 15.8 Å². The van der Waals surface area contributed by atoms with Crippen molar-refractivity contribution in [2.24, 2.45) is 16.8 Å². The number of nitrogens with zero attached hydrogens (tertiary/aromatic N) is 2. The Morgan fingerprint density at radius 2 is 1.81 bits per heavy atom. The van der Waals surface area contributed by atoms with E-state index in [1.54, 1.807) is 0 Å². The number of piperidine rings is 1. The van der Waals surface area contributed by atoms with E-state index < -0.39 is 9.84 Å². The number of halogens is 1. The molecule has 1 aromatic rings. The highest BCUT2D eigenvalue weighted by Crippen LogP contribution is 2.20. The summed E-state index contributed by atoms with van der Waals surface area (Å²) in [5.74, 6) is 2.53. The van der Waals surface area contributed by atoms with Crippen LogP contribution >= 0.6 is 24.0 Å². The van der Waals surface area contributed by atoms with E-state index in [2.05, 4.69) is 36.0 Å². The molecule has 1 heterocycles. The molecule has 154 valence electrons. The molecular formula is C20H34IN3O2S. The van der Waals surface area contributed by atoms with Crippen molar-refractivity contribution in [1.82, 2.24) is 10.2 Å². The van der Waals surface area contributed by atoms with E-state index in [9.17, 15) is 8.42 Å². The zero-order valence-electron chi connectivity index (χ0n) is 16.7. The van der Waals surface area contributed by atoms with E-state index in [1.807, 2.05) is 30.3 Å². The molecule has 1 saturated heterocycles. The first-order valence-corrected chi connectivity index (χ1v) is 11.5. The Kier molecular flexibility index (Phi) is 10.7. The Morgan fingerprint density at radius 1 is 1.19 bits per heavy atom. The summed E-state index contributed by atoms with van der Waals surface area (Å²) < 4.78 is 24.6. The molecule has 1 N–H and O–H groups in total. The normalized spacial score (nSPS) is 20.9. The fraction of sp³-hybridized carbons (Fsp3) is 0.650. The van der Waals surface area contributed by atoms with Crippen LogP contribution in [0.4, 0.5) is 0 Å². The second kappa shape index (κ2) is 11.9. The number of sulfone groups is 1. The first kappa shape index (κ1) is 24.2. The molecule has 0 aliphatic carbocycles. The van der Waals surface area contributed by atoms with Crippen LogP contribution in [0.15, 0.2) is 35.3 Å². The number of guanidine groups is 1. The van der Waals surface area contributed by atoms with Crippen molar-refractivity contribution in [3.63, 3.8) is 0 Å². The van der Waals surface area contributed by atoms with E-state index in [0.29, 0.717) is 24.8 Å².